The molecule has 1 aromatic carbocycles. The molecule has 0 bridgehead atoms. The van der Waals surface area contributed by atoms with Crippen LogP contribution in [-0.4, -0.2) is 55.4 Å². The molecule has 0 radical (unpaired) electrons. The highest BCUT2D eigenvalue weighted by Gasteiger charge is 2.52. The van der Waals surface area contributed by atoms with Crippen molar-refractivity contribution < 1.29 is 27.6 Å². The zero-order chi connectivity index (χ0) is 20.0. The molecule has 3 rings (SSSR count). The third kappa shape index (κ3) is 3.75. The lowest BCUT2D eigenvalue weighted by Gasteiger charge is -2.32. The van der Waals surface area contributed by atoms with Crippen molar-refractivity contribution in [1.82, 2.24) is 4.90 Å². The SMILES string of the molecule is COC1CCN(C(=O)c2cc(F)c(B3OC(C)(C)C(C)(C)O3)cc2F)CC1. The van der Waals surface area contributed by atoms with Gasteiger partial charge in [0.2, 0.25) is 0 Å². The van der Waals surface area contributed by atoms with Gasteiger partial charge in [0.15, 0.2) is 0 Å². The Labute approximate surface area is 159 Å². The molecule has 0 saturated carbocycles. The lowest BCUT2D eigenvalue weighted by atomic mass is 9.78. The number of halogens is 2. The number of piperidine rings is 1. The molecule has 2 aliphatic heterocycles. The van der Waals surface area contributed by atoms with E-state index >= 15 is 0 Å². The van der Waals surface area contributed by atoms with Gasteiger partial charge in [-0.05, 0) is 52.7 Å². The van der Waals surface area contributed by atoms with Crippen LogP contribution >= 0.6 is 0 Å². The number of likely N-dealkylation sites (tertiary alicyclic amines) is 1. The number of carbonyl (C=O) groups excluding carboxylic acids is 1. The van der Waals surface area contributed by atoms with Crippen molar-refractivity contribution in [3.8, 4) is 0 Å². The van der Waals surface area contributed by atoms with E-state index in [0.717, 1.165) is 12.1 Å². The molecule has 2 aliphatic rings. The van der Waals surface area contributed by atoms with E-state index in [1.54, 1.807) is 7.11 Å². The van der Waals surface area contributed by atoms with Crippen LogP contribution in [0.25, 0.3) is 0 Å². The van der Waals surface area contributed by atoms with Crippen LogP contribution in [-0.2, 0) is 14.0 Å². The maximum absolute atomic E-state index is 14.7. The summed E-state index contributed by atoms with van der Waals surface area (Å²) in [6.07, 6.45) is 1.46. The Hall–Kier alpha value is -1.51. The summed E-state index contributed by atoms with van der Waals surface area (Å²) in [6, 6.07) is 1.95. The second-order valence-corrected chi connectivity index (χ2v) is 8.17. The minimum atomic E-state index is -1.02. The number of carbonyl (C=O) groups is 1. The van der Waals surface area contributed by atoms with Crippen LogP contribution in [0.3, 0.4) is 0 Å². The lowest BCUT2D eigenvalue weighted by Crippen LogP contribution is -2.42. The second kappa shape index (κ2) is 7.15. The van der Waals surface area contributed by atoms with Gasteiger partial charge in [-0.1, -0.05) is 0 Å². The summed E-state index contributed by atoms with van der Waals surface area (Å²) < 4.78 is 46.2. The van der Waals surface area contributed by atoms with Crippen molar-refractivity contribution in [3.63, 3.8) is 0 Å². The molecule has 0 spiro atoms. The topological polar surface area (TPSA) is 48.0 Å². The number of benzene rings is 1. The molecule has 0 N–H and O–H groups in total. The summed E-state index contributed by atoms with van der Waals surface area (Å²) >= 11 is 0. The Morgan fingerprint density at radius 1 is 1.11 bits per heavy atom. The van der Waals surface area contributed by atoms with Crippen molar-refractivity contribution >= 4 is 18.5 Å². The smallest absolute Gasteiger partial charge is 0.399 e. The van der Waals surface area contributed by atoms with Gasteiger partial charge in [0.1, 0.15) is 11.6 Å². The predicted octanol–water partition coefficient (Wildman–Crippen LogP) is 2.52. The minimum absolute atomic E-state index is 0.0409. The van der Waals surface area contributed by atoms with Gasteiger partial charge in [0, 0.05) is 25.7 Å². The van der Waals surface area contributed by atoms with Crippen molar-refractivity contribution in [2.45, 2.75) is 57.8 Å². The molecule has 8 heteroatoms. The molecule has 2 fully saturated rings. The van der Waals surface area contributed by atoms with E-state index in [2.05, 4.69) is 0 Å². The molecule has 148 valence electrons. The summed E-state index contributed by atoms with van der Waals surface area (Å²) in [6.45, 7) is 8.26. The van der Waals surface area contributed by atoms with Gasteiger partial charge < -0.3 is 18.9 Å². The predicted molar refractivity (Wildman–Crippen MR) is 98.0 cm³/mol. The molecular weight excluding hydrogens is 355 g/mol. The summed E-state index contributed by atoms with van der Waals surface area (Å²) in [5, 5.41) is 0. The lowest BCUT2D eigenvalue weighted by molar-refractivity contribution is 0.00578. The number of amides is 1. The second-order valence-electron chi connectivity index (χ2n) is 8.17. The maximum Gasteiger partial charge on any atom is 0.497 e. The monoisotopic (exact) mass is 381 g/mol. The molecule has 0 unspecified atom stereocenters. The summed E-state index contributed by atoms with van der Waals surface area (Å²) in [4.78, 5) is 14.2. The van der Waals surface area contributed by atoms with Crippen LogP contribution in [0.5, 0.6) is 0 Å². The van der Waals surface area contributed by atoms with Crippen LogP contribution in [0.4, 0.5) is 8.78 Å². The minimum Gasteiger partial charge on any atom is -0.399 e. The Bertz CT molecular complexity index is 717. The van der Waals surface area contributed by atoms with Gasteiger partial charge in [0.25, 0.3) is 5.91 Å². The van der Waals surface area contributed by atoms with Gasteiger partial charge in [-0.3, -0.25) is 4.79 Å². The molecule has 1 aromatic rings. The molecule has 2 heterocycles. The molecule has 5 nitrogen and oxygen atoms in total. The number of nitrogens with zero attached hydrogens (tertiary/aromatic N) is 1. The largest absolute Gasteiger partial charge is 0.497 e. The van der Waals surface area contributed by atoms with E-state index in [-0.39, 0.29) is 17.1 Å². The van der Waals surface area contributed by atoms with E-state index in [4.69, 9.17) is 14.0 Å². The maximum atomic E-state index is 14.7. The molecule has 0 atom stereocenters. The first-order valence-corrected chi connectivity index (χ1v) is 9.22. The van der Waals surface area contributed by atoms with Crippen molar-refractivity contribution in [2.24, 2.45) is 0 Å². The number of rotatable bonds is 3. The highest BCUT2D eigenvalue weighted by molar-refractivity contribution is 6.62. The van der Waals surface area contributed by atoms with Gasteiger partial charge in [0.05, 0.1) is 22.9 Å². The fourth-order valence-corrected chi connectivity index (χ4v) is 3.34. The fraction of sp³-hybridized carbons (Fsp3) is 0.632. The molecule has 27 heavy (non-hydrogen) atoms. The third-order valence-electron chi connectivity index (χ3n) is 5.89. The van der Waals surface area contributed by atoms with Crippen LogP contribution in [0.1, 0.15) is 50.9 Å². The van der Waals surface area contributed by atoms with E-state index in [9.17, 15) is 13.6 Å². The van der Waals surface area contributed by atoms with Gasteiger partial charge >= 0.3 is 7.12 Å². The fourth-order valence-electron chi connectivity index (χ4n) is 3.34. The molecular formula is C19H26BF2NO4. The van der Waals surface area contributed by atoms with E-state index in [1.165, 1.54) is 4.90 Å². The number of ether oxygens (including phenoxy) is 1. The van der Waals surface area contributed by atoms with Crippen LogP contribution in [0.2, 0.25) is 0 Å². The quantitative estimate of drug-likeness (QED) is 0.756. The number of hydrogen-bond donors (Lipinski definition) is 0. The van der Waals surface area contributed by atoms with Gasteiger partial charge in [-0.2, -0.15) is 0 Å². The van der Waals surface area contributed by atoms with E-state index in [0.29, 0.717) is 25.9 Å². The summed E-state index contributed by atoms with van der Waals surface area (Å²) in [7, 11) is 0.608. The van der Waals surface area contributed by atoms with Crippen LogP contribution in [0.15, 0.2) is 12.1 Å². The molecule has 1 amide bonds. The Morgan fingerprint density at radius 2 is 1.67 bits per heavy atom. The number of hydrogen-bond acceptors (Lipinski definition) is 4. The van der Waals surface area contributed by atoms with Crippen molar-refractivity contribution in [3.05, 3.63) is 29.3 Å². The normalized spacial score (nSPS) is 22.3. The Balaban J connectivity index is 1.81. The first kappa shape index (κ1) is 20.2. The van der Waals surface area contributed by atoms with Crippen LogP contribution in [0, 0.1) is 11.6 Å². The zero-order valence-corrected chi connectivity index (χ0v) is 16.5. The first-order chi connectivity index (χ1) is 12.6. The summed E-state index contributed by atoms with van der Waals surface area (Å²) in [5.41, 5.74) is -1.65. The standard InChI is InChI=1S/C19H26BF2NO4/c1-18(2)19(3,4)27-20(26-18)14-11-15(21)13(10-16(14)22)17(24)23-8-6-12(25-5)7-9-23/h10-12H,6-9H2,1-5H3. The van der Waals surface area contributed by atoms with Gasteiger partial charge in [-0.25, -0.2) is 8.78 Å². The molecule has 0 aliphatic carbocycles. The summed E-state index contributed by atoms with van der Waals surface area (Å²) in [5.74, 6) is -2.01. The highest BCUT2D eigenvalue weighted by Crippen LogP contribution is 2.36. The molecule has 0 aromatic heterocycles. The molecule has 2 saturated heterocycles. The van der Waals surface area contributed by atoms with E-state index in [1.807, 2.05) is 27.7 Å². The van der Waals surface area contributed by atoms with Crippen LogP contribution < -0.4 is 5.46 Å². The average molecular weight is 381 g/mol. The van der Waals surface area contributed by atoms with Crippen molar-refractivity contribution in [2.75, 3.05) is 20.2 Å². The zero-order valence-electron chi connectivity index (χ0n) is 16.5. The van der Waals surface area contributed by atoms with Crippen molar-refractivity contribution in [1.29, 1.82) is 0 Å². The number of methoxy groups -OCH3 is 1. The average Bonchev–Trinajstić information content (AvgIpc) is 2.83. The van der Waals surface area contributed by atoms with Gasteiger partial charge in [-0.15, -0.1) is 0 Å². The highest BCUT2D eigenvalue weighted by atomic mass is 19.1. The third-order valence-corrected chi connectivity index (χ3v) is 5.89. The van der Waals surface area contributed by atoms with E-state index < -0.39 is 35.9 Å². The first-order valence-electron chi connectivity index (χ1n) is 9.22. The Morgan fingerprint density at radius 3 is 2.19 bits per heavy atom. The Kier molecular flexibility index (Phi) is 5.36.